The van der Waals surface area contributed by atoms with Crippen LogP contribution in [0.4, 0.5) is 4.39 Å². The number of carboxylic acids is 1. The Bertz CT molecular complexity index is 868. The van der Waals surface area contributed by atoms with Crippen molar-refractivity contribution >= 4 is 28.5 Å². The van der Waals surface area contributed by atoms with Crippen molar-refractivity contribution in [2.45, 2.75) is 13.2 Å². The zero-order valence-electron chi connectivity index (χ0n) is 11.9. The van der Waals surface area contributed by atoms with E-state index >= 15 is 0 Å². The van der Waals surface area contributed by atoms with E-state index in [1.54, 1.807) is 19.1 Å². The molecule has 1 N–H and O–H groups in total. The third-order valence-corrected chi connectivity index (χ3v) is 3.23. The van der Waals surface area contributed by atoms with Crippen molar-refractivity contribution in [2.75, 3.05) is 0 Å². The number of benzene rings is 1. The van der Waals surface area contributed by atoms with Gasteiger partial charge in [0.15, 0.2) is 5.70 Å². The number of halogens is 1. The second kappa shape index (κ2) is 5.56. The molecule has 1 aromatic carbocycles. The van der Waals surface area contributed by atoms with Gasteiger partial charge in [-0.3, -0.25) is 0 Å². The average molecular weight is 318 g/mol. The quantitative estimate of drug-likeness (QED) is 0.526. The normalized spacial score (nSPS) is 18.0. The Morgan fingerprint density at radius 2 is 2.22 bits per heavy atom. The number of nitrogens with zero attached hydrogens (tertiary/aromatic N) is 2. The molecule has 0 aliphatic carbocycles. The van der Waals surface area contributed by atoms with E-state index in [9.17, 15) is 19.1 Å². The number of carboxylic acid groups (broad SMARTS) is 1. The number of esters is 1. The Morgan fingerprint density at radius 3 is 2.87 bits per heavy atom. The van der Waals surface area contributed by atoms with Gasteiger partial charge in [0.1, 0.15) is 6.26 Å². The van der Waals surface area contributed by atoms with Crippen molar-refractivity contribution in [2.24, 2.45) is 0 Å². The third kappa shape index (κ3) is 2.66. The topological polar surface area (TPSA) is 90.7 Å². The van der Waals surface area contributed by atoms with E-state index in [-0.39, 0.29) is 10.9 Å². The van der Waals surface area contributed by atoms with E-state index in [2.05, 4.69) is 5.10 Å². The molecule has 1 unspecified atom stereocenters. The fourth-order valence-electron chi connectivity index (χ4n) is 2.11. The molecule has 0 saturated heterocycles. The van der Waals surface area contributed by atoms with Crippen LogP contribution in [0.25, 0.3) is 16.6 Å². The Kier molecular flexibility index (Phi) is 3.57. The van der Waals surface area contributed by atoms with Crippen LogP contribution >= 0.6 is 0 Å². The van der Waals surface area contributed by atoms with Gasteiger partial charge < -0.3 is 14.6 Å². The van der Waals surface area contributed by atoms with Crippen molar-refractivity contribution < 1.29 is 28.6 Å². The van der Waals surface area contributed by atoms with Gasteiger partial charge in [-0.25, -0.2) is 14.3 Å². The number of carbonyl (C=O) groups is 2. The van der Waals surface area contributed by atoms with Gasteiger partial charge in [-0.1, -0.05) is 12.1 Å². The number of cyclic esters (lactones) is 1. The summed E-state index contributed by atoms with van der Waals surface area (Å²) in [6.45, 7) is 1.55. The van der Waals surface area contributed by atoms with E-state index in [1.807, 2.05) is 0 Å². The molecule has 1 atom stereocenters. The Labute approximate surface area is 129 Å². The molecule has 118 valence electrons. The molecule has 0 bridgehead atoms. The molecule has 1 aliphatic rings. The SMILES string of the molecule is CC1=CC(O/C=C(/C(=O)O)n2nc(F)c3ccccc32)OC1=O. The molecule has 0 spiro atoms. The predicted octanol–water partition coefficient (Wildman–Crippen LogP) is 1.90. The van der Waals surface area contributed by atoms with Gasteiger partial charge in [0.2, 0.25) is 5.95 Å². The van der Waals surface area contributed by atoms with Gasteiger partial charge in [0.05, 0.1) is 10.9 Å². The lowest BCUT2D eigenvalue weighted by Gasteiger charge is -2.09. The van der Waals surface area contributed by atoms with Crippen molar-refractivity contribution in [3.63, 3.8) is 0 Å². The highest BCUT2D eigenvalue weighted by Crippen LogP contribution is 2.21. The summed E-state index contributed by atoms with van der Waals surface area (Å²) in [7, 11) is 0. The number of hydrogen-bond donors (Lipinski definition) is 1. The molecule has 2 aromatic rings. The second-order valence-electron chi connectivity index (χ2n) is 4.79. The van der Waals surface area contributed by atoms with Crippen LogP contribution in [0.3, 0.4) is 0 Å². The van der Waals surface area contributed by atoms with E-state index in [0.29, 0.717) is 5.57 Å². The second-order valence-corrected chi connectivity index (χ2v) is 4.79. The lowest BCUT2D eigenvalue weighted by atomic mass is 10.2. The molecular formula is C15H11FN2O5. The summed E-state index contributed by atoms with van der Waals surface area (Å²) in [5, 5.41) is 13.1. The lowest BCUT2D eigenvalue weighted by Crippen LogP contribution is -2.14. The summed E-state index contributed by atoms with van der Waals surface area (Å²) >= 11 is 0. The number of aliphatic carboxylic acids is 1. The first-order chi connectivity index (χ1) is 11.0. The Morgan fingerprint density at radius 1 is 1.48 bits per heavy atom. The first-order valence-corrected chi connectivity index (χ1v) is 6.59. The predicted molar refractivity (Wildman–Crippen MR) is 76.3 cm³/mol. The molecule has 7 nitrogen and oxygen atoms in total. The van der Waals surface area contributed by atoms with Crippen molar-refractivity contribution in [1.29, 1.82) is 0 Å². The number of ether oxygens (including phenoxy) is 2. The molecule has 8 heteroatoms. The van der Waals surface area contributed by atoms with Gasteiger partial charge in [-0.15, -0.1) is 5.10 Å². The van der Waals surface area contributed by atoms with E-state index in [0.717, 1.165) is 10.9 Å². The highest BCUT2D eigenvalue weighted by atomic mass is 19.1. The molecule has 3 rings (SSSR count). The molecular weight excluding hydrogens is 307 g/mol. The van der Waals surface area contributed by atoms with E-state index in [4.69, 9.17) is 9.47 Å². The van der Waals surface area contributed by atoms with Crippen LogP contribution in [0.15, 0.2) is 42.2 Å². The summed E-state index contributed by atoms with van der Waals surface area (Å²) in [5.41, 5.74) is 0.215. The maximum absolute atomic E-state index is 13.8. The highest BCUT2D eigenvalue weighted by Gasteiger charge is 2.24. The van der Waals surface area contributed by atoms with Crippen molar-refractivity contribution in [3.05, 3.63) is 48.1 Å². The molecule has 1 aliphatic heterocycles. The maximum atomic E-state index is 13.8. The lowest BCUT2D eigenvalue weighted by molar-refractivity contribution is -0.152. The van der Waals surface area contributed by atoms with Crippen LogP contribution in [0.5, 0.6) is 0 Å². The van der Waals surface area contributed by atoms with Crippen LogP contribution in [-0.2, 0) is 19.1 Å². The Hall–Kier alpha value is -3.16. The molecule has 0 radical (unpaired) electrons. The monoisotopic (exact) mass is 318 g/mol. The minimum absolute atomic E-state index is 0.183. The van der Waals surface area contributed by atoms with Gasteiger partial charge in [-0.2, -0.15) is 4.39 Å². The summed E-state index contributed by atoms with van der Waals surface area (Å²) in [5.74, 6) is -2.71. The summed E-state index contributed by atoms with van der Waals surface area (Å²) < 4.78 is 24.7. The molecule has 0 amide bonds. The molecule has 0 fully saturated rings. The third-order valence-electron chi connectivity index (χ3n) is 3.23. The minimum atomic E-state index is -1.37. The fourth-order valence-corrected chi connectivity index (χ4v) is 2.11. The highest BCUT2D eigenvalue weighted by molar-refractivity contribution is 6.10. The number of rotatable bonds is 4. The van der Waals surface area contributed by atoms with Crippen LogP contribution in [-0.4, -0.2) is 33.1 Å². The summed E-state index contributed by atoms with van der Waals surface area (Å²) in [4.78, 5) is 22.7. The molecule has 1 aromatic heterocycles. The first-order valence-electron chi connectivity index (χ1n) is 6.59. The average Bonchev–Trinajstić information content (AvgIpc) is 3.01. The number of aromatic nitrogens is 2. The zero-order valence-corrected chi connectivity index (χ0v) is 11.9. The van der Waals surface area contributed by atoms with Crippen LogP contribution in [0.2, 0.25) is 0 Å². The molecule has 23 heavy (non-hydrogen) atoms. The van der Waals surface area contributed by atoms with Crippen LogP contribution in [0, 0.1) is 5.95 Å². The standard InChI is InChI=1S/C15H11FN2O5/c1-8-6-12(23-15(8)21)22-7-11(14(19)20)18-10-5-3-2-4-9(10)13(16)17-18/h2-7,12H,1H3,(H,19,20)/b11-7-. The first kappa shape index (κ1) is 14.8. The van der Waals surface area contributed by atoms with Gasteiger partial charge in [0.25, 0.3) is 6.29 Å². The maximum Gasteiger partial charge on any atom is 0.357 e. The summed E-state index contributed by atoms with van der Waals surface area (Å²) in [6, 6.07) is 6.26. The van der Waals surface area contributed by atoms with Crippen LogP contribution in [0.1, 0.15) is 6.92 Å². The smallest absolute Gasteiger partial charge is 0.357 e. The number of carbonyl (C=O) groups excluding carboxylic acids is 1. The zero-order chi connectivity index (χ0) is 16.6. The van der Waals surface area contributed by atoms with Crippen LogP contribution < -0.4 is 0 Å². The number of para-hydroxylation sites is 1. The minimum Gasteiger partial charge on any atom is -0.476 e. The van der Waals surface area contributed by atoms with E-state index < -0.39 is 29.9 Å². The number of fused-ring (bicyclic) bond motifs is 1. The van der Waals surface area contributed by atoms with Crippen molar-refractivity contribution in [3.8, 4) is 0 Å². The molecule has 0 saturated carbocycles. The summed E-state index contributed by atoms with van der Waals surface area (Å²) in [6.07, 6.45) is 1.25. The Balaban J connectivity index is 1.97. The van der Waals surface area contributed by atoms with Crippen molar-refractivity contribution in [1.82, 2.24) is 9.78 Å². The van der Waals surface area contributed by atoms with Gasteiger partial charge >= 0.3 is 11.9 Å². The fraction of sp³-hybridized carbons (Fsp3) is 0.133. The molecule has 2 heterocycles. The van der Waals surface area contributed by atoms with Gasteiger partial charge in [-0.05, 0) is 19.1 Å². The van der Waals surface area contributed by atoms with Gasteiger partial charge in [0, 0.05) is 11.6 Å². The number of hydrogen-bond acceptors (Lipinski definition) is 5. The van der Waals surface area contributed by atoms with E-state index in [1.165, 1.54) is 18.2 Å². The largest absolute Gasteiger partial charge is 0.476 e.